The van der Waals surface area contributed by atoms with Crippen LogP contribution in [0.3, 0.4) is 0 Å². The number of carbonyl (C=O) groups is 1. The highest BCUT2D eigenvalue weighted by molar-refractivity contribution is 7.89. The zero-order chi connectivity index (χ0) is 18.9. The molecule has 154 valence electrons. The molecule has 4 rings (SSSR count). The third-order valence-electron chi connectivity index (χ3n) is 7.74. The third-order valence-corrected chi connectivity index (χ3v) is 10.1. The summed E-state index contributed by atoms with van der Waals surface area (Å²) in [6.07, 6.45) is 12.8. The van der Waals surface area contributed by atoms with Crippen LogP contribution in [-0.2, 0) is 14.8 Å². The van der Waals surface area contributed by atoms with Crippen LogP contribution in [-0.4, -0.2) is 55.0 Å². The zero-order valence-electron chi connectivity index (χ0n) is 16.7. The molecule has 0 N–H and O–H groups in total. The predicted molar refractivity (Wildman–Crippen MR) is 107 cm³/mol. The molecule has 2 unspecified atom stereocenters. The Labute approximate surface area is 164 Å². The highest BCUT2D eigenvalue weighted by Crippen LogP contribution is 2.37. The summed E-state index contributed by atoms with van der Waals surface area (Å²) < 4.78 is 27.5. The lowest BCUT2D eigenvalue weighted by Crippen LogP contribution is -2.50. The molecule has 4 aliphatic rings. The summed E-state index contributed by atoms with van der Waals surface area (Å²) in [5.74, 6) is 1.88. The fourth-order valence-corrected chi connectivity index (χ4v) is 8.06. The van der Waals surface area contributed by atoms with Gasteiger partial charge in [0.15, 0.2) is 0 Å². The summed E-state index contributed by atoms with van der Waals surface area (Å²) in [7, 11) is -3.17. The van der Waals surface area contributed by atoms with E-state index in [1.165, 1.54) is 38.5 Å². The van der Waals surface area contributed by atoms with Crippen molar-refractivity contribution in [2.75, 3.05) is 26.2 Å². The second kappa shape index (κ2) is 8.40. The van der Waals surface area contributed by atoms with Gasteiger partial charge in [0.1, 0.15) is 0 Å². The maximum absolute atomic E-state index is 13.0. The van der Waals surface area contributed by atoms with Gasteiger partial charge in [0.2, 0.25) is 15.9 Å². The summed E-state index contributed by atoms with van der Waals surface area (Å²) >= 11 is 0. The van der Waals surface area contributed by atoms with Crippen molar-refractivity contribution in [3.63, 3.8) is 0 Å². The van der Waals surface area contributed by atoms with Crippen LogP contribution < -0.4 is 0 Å². The summed E-state index contributed by atoms with van der Waals surface area (Å²) in [6, 6.07) is 0. The van der Waals surface area contributed by atoms with Gasteiger partial charge in [0.25, 0.3) is 0 Å². The smallest absolute Gasteiger partial charge is 0.225 e. The Balaban J connectivity index is 1.30. The highest BCUT2D eigenvalue weighted by atomic mass is 32.2. The number of sulfonamides is 1. The molecule has 0 bridgehead atoms. The number of fused-ring (bicyclic) bond motifs is 1. The lowest BCUT2D eigenvalue weighted by Gasteiger charge is -2.43. The van der Waals surface area contributed by atoms with Crippen molar-refractivity contribution in [3.05, 3.63) is 0 Å². The van der Waals surface area contributed by atoms with E-state index in [4.69, 9.17) is 0 Å². The van der Waals surface area contributed by atoms with Crippen molar-refractivity contribution in [3.8, 4) is 0 Å². The van der Waals surface area contributed by atoms with Crippen molar-refractivity contribution in [2.24, 2.45) is 17.8 Å². The molecular formula is C21H36N2O3S. The first-order valence-electron chi connectivity index (χ1n) is 11.3. The van der Waals surface area contributed by atoms with Crippen molar-refractivity contribution in [2.45, 2.75) is 82.3 Å². The van der Waals surface area contributed by atoms with Gasteiger partial charge in [-0.3, -0.25) is 4.79 Å². The molecule has 0 radical (unpaired) electrons. The number of piperidine rings is 2. The first-order chi connectivity index (χ1) is 13.1. The second-order valence-corrected chi connectivity index (χ2v) is 11.6. The minimum absolute atomic E-state index is 0.0305. The number of rotatable bonds is 3. The Kier molecular flexibility index (Phi) is 6.12. The van der Waals surface area contributed by atoms with Gasteiger partial charge in [-0.2, -0.15) is 0 Å². The van der Waals surface area contributed by atoms with Gasteiger partial charge in [0.05, 0.1) is 5.25 Å². The molecule has 0 aromatic heterocycles. The normalized spacial score (nSPS) is 32.2. The fraction of sp³-hybridized carbons (Fsp3) is 0.952. The third kappa shape index (κ3) is 4.21. The van der Waals surface area contributed by atoms with Gasteiger partial charge in [-0.25, -0.2) is 12.7 Å². The maximum Gasteiger partial charge on any atom is 0.225 e. The van der Waals surface area contributed by atoms with E-state index in [0.717, 1.165) is 44.7 Å². The van der Waals surface area contributed by atoms with Gasteiger partial charge < -0.3 is 4.90 Å². The maximum atomic E-state index is 13.0. The molecule has 2 aliphatic heterocycles. The molecule has 2 aliphatic carbocycles. The van der Waals surface area contributed by atoms with Crippen LogP contribution in [0.25, 0.3) is 0 Å². The van der Waals surface area contributed by atoms with E-state index in [1.54, 1.807) is 4.31 Å². The van der Waals surface area contributed by atoms with E-state index < -0.39 is 10.0 Å². The molecule has 4 fully saturated rings. The Morgan fingerprint density at radius 1 is 0.704 bits per heavy atom. The van der Waals surface area contributed by atoms with Crippen LogP contribution in [0.4, 0.5) is 0 Å². The Hall–Kier alpha value is -0.620. The Morgan fingerprint density at radius 3 is 2.04 bits per heavy atom. The molecule has 2 saturated carbocycles. The number of amides is 1. The topological polar surface area (TPSA) is 57.7 Å². The Morgan fingerprint density at radius 2 is 1.33 bits per heavy atom. The van der Waals surface area contributed by atoms with Gasteiger partial charge in [-0.15, -0.1) is 0 Å². The van der Waals surface area contributed by atoms with E-state index in [2.05, 4.69) is 4.90 Å². The van der Waals surface area contributed by atoms with E-state index in [1.807, 2.05) is 0 Å². The number of nitrogens with zero attached hydrogens (tertiary/aromatic N) is 2. The van der Waals surface area contributed by atoms with E-state index in [9.17, 15) is 13.2 Å². The molecule has 0 aromatic carbocycles. The predicted octanol–water partition coefficient (Wildman–Crippen LogP) is 3.40. The van der Waals surface area contributed by atoms with Crippen molar-refractivity contribution in [1.29, 1.82) is 0 Å². The van der Waals surface area contributed by atoms with Crippen LogP contribution in [0.15, 0.2) is 0 Å². The minimum Gasteiger partial charge on any atom is -0.342 e. The molecule has 2 atom stereocenters. The molecule has 6 heteroatoms. The van der Waals surface area contributed by atoms with Gasteiger partial charge in [-0.05, 0) is 50.4 Å². The number of hydrogen-bond acceptors (Lipinski definition) is 3. The van der Waals surface area contributed by atoms with Crippen molar-refractivity contribution >= 4 is 15.9 Å². The molecule has 27 heavy (non-hydrogen) atoms. The summed E-state index contributed by atoms with van der Waals surface area (Å²) in [4.78, 5) is 15.2. The largest absolute Gasteiger partial charge is 0.342 e. The molecule has 1 amide bonds. The van der Waals surface area contributed by atoms with Crippen LogP contribution in [0.5, 0.6) is 0 Å². The number of likely N-dealkylation sites (tertiary alicyclic amines) is 1. The number of hydrogen-bond donors (Lipinski definition) is 0. The highest BCUT2D eigenvalue weighted by Gasteiger charge is 2.39. The van der Waals surface area contributed by atoms with Crippen molar-refractivity contribution in [1.82, 2.24) is 9.21 Å². The Bertz CT molecular complexity index is 621. The van der Waals surface area contributed by atoms with E-state index in [-0.39, 0.29) is 11.2 Å². The van der Waals surface area contributed by atoms with Crippen LogP contribution >= 0.6 is 0 Å². The first-order valence-corrected chi connectivity index (χ1v) is 12.8. The SMILES string of the molecule is O=C(C1CCN(S(=O)(=O)C2CCCCC2)CC1)N1CCC2CCCCC2C1. The molecule has 2 saturated heterocycles. The standard InChI is InChI=1S/C21H36N2O3S/c24-21(22-13-10-17-6-4-5-7-19(17)16-22)18-11-14-23(15-12-18)27(25,26)20-8-2-1-3-9-20/h17-20H,1-16H2. The molecule has 0 spiro atoms. The van der Waals surface area contributed by atoms with Crippen LogP contribution in [0.2, 0.25) is 0 Å². The molecule has 5 nitrogen and oxygen atoms in total. The zero-order valence-corrected chi connectivity index (χ0v) is 17.5. The minimum atomic E-state index is -3.17. The monoisotopic (exact) mass is 396 g/mol. The fourth-order valence-electron chi connectivity index (χ4n) is 5.99. The van der Waals surface area contributed by atoms with Crippen LogP contribution in [0, 0.1) is 17.8 Å². The van der Waals surface area contributed by atoms with Gasteiger partial charge in [0, 0.05) is 32.1 Å². The van der Waals surface area contributed by atoms with Gasteiger partial charge >= 0.3 is 0 Å². The second-order valence-electron chi connectivity index (χ2n) is 9.36. The van der Waals surface area contributed by atoms with Crippen LogP contribution in [0.1, 0.15) is 77.0 Å². The number of carbonyl (C=O) groups excluding carboxylic acids is 1. The van der Waals surface area contributed by atoms with Crippen molar-refractivity contribution < 1.29 is 13.2 Å². The molecule has 2 heterocycles. The first kappa shape index (κ1) is 19.7. The molecule has 0 aromatic rings. The average Bonchev–Trinajstić information content (AvgIpc) is 2.73. The lowest BCUT2D eigenvalue weighted by molar-refractivity contribution is -0.139. The summed E-state index contributed by atoms with van der Waals surface area (Å²) in [5, 5.41) is -0.177. The summed E-state index contributed by atoms with van der Waals surface area (Å²) in [5.41, 5.74) is 0. The summed E-state index contributed by atoms with van der Waals surface area (Å²) in [6.45, 7) is 2.94. The van der Waals surface area contributed by atoms with Gasteiger partial charge in [-0.1, -0.05) is 38.5 Å². The average molecular weight is 397 g/mol. The lowest BCUT2D eigenvalue weighted by atomic mass is 9.75. The van der Waals surface area contributed by atoms with E-state index >= 15 is 0 Å². The quantitative estimate of drug-likeness (QED) is 0.735. The molecular weight excluding hydrogens is 360 g/mol. The van der Waals surface area contributed by atoms with E-state index in [0.29, 0.717) is 37.8 Å².